The summed E-state index contributed by atoms with van der Waals surface area (Å²) in [5.74, 6) is 0. The molecule has 2 aromatic carbocycles. The molecule has 0 bridgehead atoms. The van der Waals surface area contributed by atoms with E-state index in [2.05, 4.69) is 88.4 Å². The van der Waals surface area contributed by atoms with E-state index in [1.807, 2.05) is 0 Å². The van der Waals surface area contributed by atoms with Crippen molar-refractivity contribution >= 4 is 0 Å². The predicted octanol–water partition coefficient (Wildman–Crippen LogP) is 5.27. The maximum Gasteiger partial charge on any atom is 0.0382 e. The fourth-order valence-electron chi connectivity index (χ4n) is 2.79. The minimum Gasteiger partial charge on any atom is -0.0875 e. The summed E-state index contributed by atoms with van der Waals surface area (Å²) in [6, 6.07) is 19.4. The Morgan fingerprint density at radius 3 is 2.11 bits per heavy atom. The number of rotatable bonds is 3. The summed E-state index contributed by atoms with van der Waals surface area (Å²) in [6.07, 6.45) is 2.22. The zero-order valence-electron chi connectivity index (χ0n) is 12.3. The van der Waals surface area contributed by atoms with Gasteiger partial charge in [0.15, 0.2) is 0 Å². The van der Waals surface area contributed by atoms with E-state index in [0.717, 1.165) is 0 Å². The summed E-state index contributed by atoms with van der Waals surface area (Å²) in [6.45, 7) is 8.85. The Bertz CT molecular complexity index is 578. The zero-order valence-corrected chi connectivity index (χ0v) is 12.3. The lowest BCUT2D eigenvalue weighted by Crippen LogP contribution is -2.26. The SMILES string of the molecule is C/C=C(\C)C(C)(c1ccccc1)c1ccccc1C. The Kier molecular flexibility index (Phi) is 3.90. The fraction of sp³-hybridized carbons (Fsp3) is 0.263. The molecule has 0 spiro atoms. The summed E-state index contributed by atoms with van der Waals surface area (Å²) in [4.78, 5) is 0. The maximum atomic E-state index is 2.32. The van der Waals surface area contributed by atoms with Gasteiger partial charge in [0.05, 0.1) is 0 Å². The van der Waals surface area contributed by atoms with Gasteiger partial charge in [-0.25, -0.2) is 0 Å². The molecule has 2 aromatic rings. The van der Waals surface area contributed by atoms with E-state index in [1.165, 1.54) is 22.3 Å². The Labute approximate surface area is 116 Å². The molecule has 0 saturated heterocycles. The van der Waals surface area contributed by atoms with Crippen molar-refractivity contribution in [1.82, 2.24) is 0 Å². The summed E-state index contributed by atoms with van der Waals surface area (Å²) in [7, 11) is 0. The molecular weight excluding hydrogens is 228 g/mol. The van der Waals surface area contributed by atoms with Gasteiger partial charge in [-0.2, -0.15) is 0 Å². The van der Waals surface area contributed by atoms with E-state index in [4.69, 9.17) is 0 Å². The lowest BCUT2D eigenvalue weighted by molar-refractivity contribution is 0.667. The first-order chi connectivity index (χ1) is 9.10. The highest BCUT2D eigenvalue weighted by atomic mass is 14.3. The van der Waals surface area contributed by atoms with Gasteiger partial charge in [-0.05, 0) is 44.4 Å². The van der Waals surface area contributed by atoms with Crippen LogP contribution in [0.25, 0.3) is 0 Å². The molecule has 0 saturated carbocycles. The highest BCUT2D eigenvalue weighted by molar-refractivity contribution is 5.49. The minimum absolute atomic E-state index is 0.0542. The summed E-state index contributed by atoms with van der Waals surface area (Å²) in [5, 5.41) is 0. The molecule has 19 heavy (non-hydrogen) atoms. The highest BCUT2D eigenvalue weighted by Crippen LogP contribution is 2.39. The number of aryl methyl sites for hydroxylation is 1. The molecule has 98 valence electrons. The Morgan fingerprint density at radius 1 is 0.947 bits per heavy atom. The third-order valence-corrected chi connectivity index (χ3v) is 4.26. The first-order valence-electron chi connectivity index (χ1n) is 6.85. The Balaban J connectivity index is 2.70. The maximum absolute atomic E-state index is 2.32. The van der Waals surface area contributed by atoms with Gasteiger partial charge in [-0.3, -0.25) is 0 Å². The van der Waals surface area contributed by atoms with Crippen LogP contribution in [-0.4, -0.2) is 0 Å². The molecule has 0 aliphatic carbocycles. The third-order valence-electron chi connectivity index (χ3n) is 4.26. The van der Waals surface area contributed by atoms with Crippen LogP contribution in [-0.2, 0) is 5.41 Å². The van der Waals surface area contributed by atoms with Crippen LogP contribution in [0.2, 0.25) is 0 Å². The first-order valence-corrected chi connectivity index (χ1v) is 6.85. The molecule has 0 amide bonds. The molecule has 0 N–H and O–H groups in total. The fourth-order valence-corrected chi connectivity index (χ4v) is 2.79. The normalized spacial score (nSPS) is 15.1. The second-order valence-electron chi connectivity index (χ2n) is 5.28. The average molecular weight is 250 g/mol. The first kappa shape index (κ1) is 13.6. The molecule has 0 heteroatoms. The lowest BCUT2D eigenvalue weighted by Gasteiger charge is -2.33. The van der Waals surface area contributed by atoms with E-state index in [9.17, 15) is 0 Å². The highest BCUT2D eigenvalue weighted by Gasteiger charge is 2.31. The molecular formula is C19H22. The number of benzene rings is 2. The Hall–Kier alpha value is -1.82. The van der Waals surface area contributed by atoms with Crippen LogP contribution in [0.1, 0.15) is 37.5 Å². The molecule has 0 radical (unpaired) electrons. The standard InChI is InChI=1S/C19H22/c1-5-16(3)19(4,17-12-7-6-8-13-17)18-14-10-9-11-15(18)2/h5-14H,1-4H3/b16-5+. The average Bonchev–Trinajstić information content (AvgIpc) is 2.47. The smallest absolute Gasteiger partial charge is 0.0382 e. The molecule has 0 fully saturated rings. The monoisotopic (exact) mass is 250 g/mol. The quantitative estimate of drug-likeness (QED) is 0.651. The molecule has 2 rings (SSSR count). The van der Waals surface area contributed by atoms with E-state index in [-0.39, 0.29) is 5.41 Å². The van der Waals surface area contributed by atoms with Crippen molar-refractivity contribution in [3.05, 3.63) is 82.9 Å². The van der Waals surface area contributed by atoms with Gasteiger partial charge in [-0.15, -0.1) is 0 Å². The van der Waals surface area contributed by atoms with Crippen LogP contribution in [0.15, 0.2) is 66.2 Å². The van der Waals surface area contributed by atoms with Gasteiger partial charge < -0.3 is 0 Å². The number of allylic oxidation sites excluding steroid dienone is 2. The van der Waals surface area contributed by atoms with Crippen molar-refractivity contribution < 1.29 is 0 Å². The molecule has 0 aliphatic heterocycles. The minimum atomic E-state index is -0.0542. The van der Waals surface area contributed by atoms with Crippen molar-refractivity contribution in [2.45, 2.75) is 33.1 Å². The van der Waals surface area contributed by atoms with Crippen LogP contribution in [0.4, 0.5) is 0 Å². The topological polar surface area (TPSA) is 0 Å². The number of hydrogen-bond acceptors (Lipinski definition) is 0. The summed E-state index contributed by atoms with van der Waals surface area (Å²) < 4.78 is 0. The molecule has 0 nitrogen and oxygen atoms in total. The summed E-state index contributed by atoms with van der Waals surface area (Å²) in [5.41, 5.74) is 5.40. The van der Waals surface area contributed by atoms with Crippen LogP contribution in [0, 0.1) is 6.92 Å². The van der Waals surface area contributed by atoms with E-state index < -0.39 is 0 Å². The third kappa shape index (κ3) is 2.35. The van der Waals surface area contributed by atoms with Crippen molar-refractivity contribution in [3.63, 3.8) is 0 Å². The molecule has 0 aliphatic rings. The van der Waals surface area contributed by atoms with Gasteiger partial charge in [0.25, 0.3) is 0 Å². The second-order valence-corrected chi connectivity index (χ2v) is 5.28. The molecule has 1 unspecified atom stereocenters. The largest absolute Gasteiger partial charge is 0.0875 e. The van der Waals surface area contributed by atoms with Crippen molar-refractivity contribution in [2.24, 2.45) is 0 Å². The van der Waals surface area contributed by atoms with Crippen molar-refractivity contribution in [3.8, 4) is 0 Å². The van der Waals surface area contributed by atoms with Gasteiger partial charge in [0.1, 0.15) is 0 Å². The van der Waals surface area contributed by atoms with Crippen LogP contribution in [0.5, 0.6) is 0 Å². The van der Waals surface area contributed by atoms with E-state index >= 15 is 0 Å². The van der Waals surface area contributed by atoms with Crippen LogP contribution in [0.3, 0.4) is 0 Å². The number of hydrogen-bond donors (Lipinski definition) is 0. The lowest BCUT2D eigenvalue weighted by atomic mass is 9.70. The van der Waals surface area contributed by atoms with Crippen LogP contribution < -0.4 is 0 Å². The predicted molar refractivity (Wildman–Crippen MR) is 83.5 cm³/mol. The van der Waals surface area contributed by atoms with Crippen molar-refractivity contribution in [2.75, 3.05) is 0 Å². The Morgan fingerprint density at radius 2 is 1.53 bits per heavy atom. The molecule has 0 aromatic heterocycles. The van der Waals surface area contributed by atoms with E-state index in [1.54, 1.807) is 0 Å². The van der Waals surface area contributed by atoms with Gasteiger partial charge in [0, 0.05) is 5.41 Å². The van der Waals surface area contributed by atoms with Gasteiger partial charge >= 0.3 is 0 Å². The van der Waals surface area contributed by atoms with Crippen molar-refractivity contribution in [1.29, 1.82) is 0 Å². The van der Waals surface area contributed by atoms with Crippen LogP contribution >= 0.6 is 0 Å². The van der Waals surface area contributed by atoms with Gasteiger partial charge in [-0.1, -0.05) is 66.2 Å². The van der Waals surface area contributed by atoms with Gasteiger partial charge in [0.2, 0.25) is 0 Å². The van der Waals surface area contributed by atoms with E-state index in [0.29, 0.717) is 0 Å². The molecule has 1 atom stereocenters. The zero-order chi connectivity index (χ0) is 13.9. The molecule has 0 heterocycles. The summed E-state index contributed by atoms with van der Waals surface area (Å²) >= 11 is 0. The second kappa shape index (κ2) is 5.44.